The van der Waals surface area contributed by atoms with Crippen molar-refractivity contribution in [3.05, 3.63) is 59.7 Å². The SMILES string of the molecule is COc1ccc(C2CC(c3cccc(NS(C)(=O)=O)c3)=NN2C(=O)CCl)cc1. The molecule has 0 aromatic heterocycles. The summed E-state index contributed by atoms with van der Waals surface area (Å²) in [4.78, 5) is 12.3. The van der Waals surface area contributed by atoms with Gasteiger partial charge in [-0.2, -0.15) is 5.10 Å². The summed E-state index contributed by atoms with van der Waals surface area (Å²) in [5.74, 6) is 0.236. The molecule has 1 aliphatic heterocycles. The number of hydrazone groups is 1. The lowest BCUT2D eigenvalue weighted by Crippen LogP contribution is -2.27. The van der Waals surface area contributed by atoms with Crippen molar-refractivity contribution >= 4 is 38.9 Å². The summed E-state index contributed by atoms with van der Waals surface area (Å²) in [7, 11) is -1.80. The lowest BCUT2D eigenvalue weighted by molar-refractivity contribution is -0.130. The molecule has 1 unspecified atom stereocenters. The quantitative estimate of drug-likeness (QED) is 0.726. The second-order valence-corrected chi connectivity index (χ2v) is 8.38. The van der Waals surface area contributed by atoms with Gasteiger partial charge in [-0.3, -0.25) is 9.52 Å². The first kappa shape index (κ1) is 20.2. The maximum absolute atomic E-state index is 12.3. The van der Waals surface area contributed by atoms with Crippen LogP contribution in [0.15, 0.2) is 53.6 Å². The van der Waals surface area contributed by atoms with Crippen molar-refractivity contribution in [3.63, 3.8) is 0 Å². The van der Waals surface area contributed by atoms with Gasteiger partial charge in [0, 0.05) is 12.1 Å². The molecule has 1 N–H and O–H groups in total. The molecule has 1 aliphatic rings. The van der Waals surface area contributed by atoms with E-state index in [0.717, 1.165) is 23.1 Å². The summed E-state index contributed by atoms with van der Waals surface area (Å²) in [6, 6.07) is 14.0. The number of nitrogens with zero attached hydrogens (tertiary/aromatic N) is 2. The minimum absolute atomic E-state index is 0.181. The summed E-state index contributed by atoms with van der Waals surface area (Å²) in [6.07, 6.45) is 1.57. The Balaban J connectivity index is 1.92. The lowest BCUT2D eigenvalue weighted by Gasteiger charge is -2.21. The highest BCUT2D eigenvalue weighted by Crippen LogP contribution is 2.34. The molecule has 2 aromatic carbocycles. The first-order valence-electron chi connectivity index (χ1n) is 8.48. The van der Waals surface area contributed by atoms with Crippen LogP contribution < -0.4 is 9.46 Å². The van der Waals surface area contributed by atoms with E-state index in [4.69, 9.17) is 16.3 Å². The van der Waals surface area contributed by atoms with Gasteiger partial charge >= 0.3 is 0 Å². The molecule has 0 radical (unpaired) electrons. The molecule has 3 rings (SSSR count). The number of hydrogen-bond acceptors (Lipinski definition) is 5. The number of benzene rings is 2. The van der Waals surface area contributed by atoms with E-state index < -0.39 is 10.0 Å². The van der Waals surface area contributed by atoms with E-state index in [2.05, 4.69) is 9.82 Å². The first-order valence-corrected chi connectivity index (χ1v) is 10.9. The summed E-state index contributed by atoms with van der Waals surface area (Å²) in [6.45, 7) is 0. The normalized spacial score (nSPS) is 16.6. The van der Waals surface area contributed by atoms with Gasteiger partial charge in [0.2, 0.25) is 10.0 Å². The van der Waals surface area contributed by atoms with Crippen molar-refractivity contribution in [1.29, 1.82) is 0 Å². The van der Waals surface area contributed by atoms with Crippen molar-refractivity contribution in [1.82, 2.24) is 5.01 Å². The number of amides is 1. The number of carbonyl (C=O) groups excluding carboxylic acids is 1. The van der Waals surface area contributed by atoms with Crippen molar-refractivity contribution in [2.45, 2.75) is 12.5 Å². The van der Waals surface area contributed by atoms with Crippen LogP contribution in [-0.2, 0) is 14.8 Å². The second-order valence-electron chi connectivity index (χ2n) is 6.37. The average Bonchev–Trinajstić information content (AvgIpc) is 3.12. The number of hydrogen-bond donors (Lipinski definition) is 1. The third kappa shape index (κ3) is 4.63. The number of halogens is 1. The highest BCUT2D eigenvalue weighted by atomic mass is 35.5. The number of rotatable bonds is 6. The predicted octanol–water partition coefficient (Wildman–Crippen LogP) is 2.98. The van der Waals surface area contributed by atoms with Crippen LogP contribution in [-0.4, -0.2) is 44.3 Å². The van der Waals surface area contributed by atoms with E-state index in [0.29, 0.717) is 17.8 Å². The molecule has 2 aromatic rings. The molecular formula is C19H20ClN3O4S. The Bertz CT molecular complexity index is 1010. The number of alkyl halides is 1. The number of anilines is 1. The molecule has 0 saturated carbocycles. The molecule has 0 spiro atoms. The fourth-order valence-corrected chi connectivity index (χ4v) is 3.72. The van der Waals surface area contributed by atoms with Crippen molar-refractivity contribution in [2.75, 3.05) is 24.0 Å². The summed E-state index contributed by atoms with van der Waals surface area (Å²) >= 11 is 5.77. The second kappa shape index (κ2) is 8.20. The van der Waals surface area contributed by atoms with Crippen LogP contribution in [0.3, 0.4) is 0 Å². The average molecular weight is 422 g/mol. The van der Waals surface area contributed by atoms with Crippen LogP contribution in [0.1, 0.15) is 23.6 Å². The third-order valence-electron chi connectivity index (χ3n) is 4.28. The van der Waals surface area contributed by atoms with E-state index in [9.17, 15) is 13.2 Å². The molecular weight excluding hydrogens is 402 g/mol. The van der Waals surface area contributed by atoms with Gasteiger partial charge in [0.25, 0.3) is 5.91 Å². The maximum Gasteiger partial charge on any atom is 0.258 e. The van der Waals surface area contributed by atoms with E-state index >= 15 is 0 Å². The molecule has 148 valence electrons. The Hall–Kier alpha value is -2.58. The van der Waals surface area contributed by atoms with Gasteiger partial charge in [-0.1, -0.05) is 24.3 Å². The predicted molar refractivity (Wildman–Crippen MR) is 109 cm³/mol. The number of methoxy groups -OCH3 is 1. The fraction of sp³-hybridized carbons (Fsp3) is 0.263. The Kier molecular flexibility index (Phi) is 5.90. The summed E-state index contributed by atoms with van der Waals surface area (Å²) < 4.78 is 30.6. The molecule has 9 heteroatoms. The number of sulfonamides is 1. The summed E-state index contributed by atoms with van der Waals surface area (Å²) in [5.41, 5.74) is 2.75. The van der Waals surface area contributed by atoms with Crippen molar-refractivity contribution in [2.24, 2.45) is 5.10 Å². The smallest absolute Gasteiger partial charge is 0.258 e. The highest BCUT2D eigenvalue weighted by molar-refractivity contribution is 7.92. The summed E-state index contributed by atoms with van der Waals surface area (Å²) in [5, 5.41) is 5.86. The van der Waals surface area contributed by atoms with E-state index in [1.54, 1.807) is 25.3 Å². The monoisotopic (exact) mass is 421 g/mol. The van der Waals surface area contributed by atoms with Crippen molar-refractivity contribution in [3.8, 4) is 5.75 Å². The number of nitrogens with one attached hydrogen (secondary N) is 1. The van der Waals surface area contributed by atoms with Crippen LogP contribution in [0.4, 0.5) is 5.69 Å². The molecule has 0 bridgehead atoms. The zero-order chi connectivity index (χ0) is 20.3. The van der Waals surface area contributed by atoms with Gasteiger partial charge < -0.3 is 4.74 Å². The minimum atomic E-state index is -3.39. The topological polar surface area (TPSA) is 88.1 Å². The highest BCUT2D eigenvalue weighted by Gasteiger charge is 2.32. The molecule has 1 atom stereocenters. The van der Waals surface area contributed by atoms with E-state index in [-0.39, 0.29) is 17.8 Å². The number of ether oxygens (including phenoxy) is 1. The van der Waals surface area contributed by atoms with Crippen molar-refractivity contribution < 1.29 is 17.9 Å². The lowest BCUT2D eigenvalue weighted by atomic mass is 9.98. The van der Waals surface area contributed by atoms with E-state index in [1.807, 2.05) is 30.3 Å². The van der Waals surface area contributed by atoms with Gasteiger partial charge in [0.15, 0.2) is 0 Å². The fourth-order valence-electron chi connectivity index (χ4n) is 3.04. The Morgan fingerprint density at radius 1 is 1.29 bits per heavy atom. The largest absolute Gasteiger partial charge is 0.497 e. The van der Waals surface area contributed by atoms with Gasteiger partial charge in [0.05, 0.1) is 25.1 Å². The van der Waals surface area contributed by atoms with Crippen LogP contribution in [0.25, 0.3) is 0 Å². The Morgan fingerprint density at radius 3 is 2.61 bits per heavy atom. The third-order valence-corrected chi connectivity index (χ3v) is 5.11. The van der Waals surface area contributed by atoms with E-state index in [1.165, 1.54) is 5.01 Å². The number of carbonyl (C=O) groups is 1. The van der Waals surface area contributed by atoms with Crippen LogP contribution >= 0.6 is 11.6 Å². The molecule has 1 amide bonds. The van der Waals surface area contributed by atoms with Crippen LogP contribution in [0.5, 0.6) is 5.75 Å². The maximum atomic E-state index is 12.3. The molecule has 0 saturated heterocycles. The minimum Gasteiger partial charge on any atom is -0.497 e. The standard InChI is InChI=1S/C19H20ClN3O4S/c1-27-16-8-6-13(7-9-16)18-11-17(21-23(18)19(24)12-20)14-4-3-5-15(10-14)22-28(2,25)26/h3-10,18,22H,11-12H2,1-2H3. The molecule has 0 fully saturated rings. The van der Waals surface area contributed by atoms with Gasteiger partial charge in [-0.25, -0.2) is 13.4 Å². The Labute approximate surface area is 169 Å². The zero-order valence-corrected chi connectivity index (χ0v) is 17.0. The van der Waals surface area contributed by atoms with Crippen LogP contribution in [0, 0.1) is 0 Å². The van der Waals surface area contributed by atoms with Gasteiger partial charge in [0.1, 0.15) is 11.6 Å². The molecule has 7 nitrogen and oxygen atoms in total. The molecule has 1 heterocycles. The Morgan fingerprint density at radius 2 is 2.00 bits per heavy atom. The van der Waals surface area contributed by atoms with Gasteiger partial charge in [-0.05, 0) is 35.4 Å². The first-order chi connectivity index (χ1) is 13.3. The van der Waals surface area contributed by atoms with Gasteiger partial charge in [-0.15, -0.1) is 11.6 Å². The van der Waals surface area contributed by atoms with Crippen LogP contribution in [0.2, 0.25) is 0 Å². The zero-order valence-electron chi connectivity index (χ0n) is 15.4. The molecule has 28 heavy (non-hydrogen) atoms. The molecule has 0 aliphatic carbocycles.